The number of nitrogens with zero attached hydrogens (tertiary/aromatic N) is 4. The normalized spacial score (nSPS) is 16.0. The van der Waals surface area contributed by atoms with Gasteiger partial charge in [0.05, 0.1) is 0 Å². The Morgan fingerprint density at radius 3 is 2.59 bits per heavy atom. The predicted molar refractivity (Wildman–Crippen MR) is 94.1 cm³/mol. The van der Waals surface area contributed by atoms with Crippen molar-refractivity contribution >= 4 is 15.1 Å². The van der Waals surface area contributed by atoms with Crippen LogP contribution in [0, 0.1) is 6.92 Å². The summed E-state index contributed by atoms with van der Waals surface area (Å²) in [5, 5.41) is 0. The lowest BCUT2D eigenvalue weighted by atomic mass is 10.1. The summed E-state index contributed by atoms with van der Waals surface area (Å²) in [4.78, 5) is 13.8. The fourth-order valence-corrected chi connectivity index (χ4v) is 3.32. The van der Waals surface area contributed by atoms with Gasteiger partial charge in [-0.2, -0.15) is 0 Å². The summed E-state index contributed by atoms with van der Waals surface area (Å²) < 4.78 is 0. The minimum atomic E-state index is 0.925. The maximum absolute atomic E-state index is 4.56. The fourth-order valence-electron chi connectivity index (χ4n) is 2.90. The number of anilines is 1. The molecule has 1 fully saturated rings. The molecule has 1 aliphatic heterocycles. The quantitative estimate of drug-likeness (QED) is 0.812. The maximum Gasteiger partial charge on any atom is 0.128 e. The molecule has 22 heavy (non-hydrogen) atoms. The summed E-state index contributed by atoms with van der Waals surface area (Å²) >= 11 is 0. The highest BCUT2D eigenvalue weighted by Gasteiger charge is 2.18. The summed E-state index contributed by atoms with van der Waals surface area (Å²) in [7, 11) is 2.74. The van der Waals surface area contributed by atoms with Gasteiger partial charge in [-0.1, -0.05) is 12.1 Å². The van der Waals surface area contributed by atoms with E-state index in [0.717, 1.165) is 44.7 Å². The summed E-state index contributed by atoms with van der Waals surface area (Å²) in [6, 6.07) is 8.38. The average Bonchev–Trinajstić information content (AvgIpc) is 2.57. The van der Waals surface area contributed by atoms with Crippen LogP contribution in [-0.2, 0) is 12.7 Å². The Labute approximate surface area is 134 Å². The van der Waals surface area contributed by atoms with Crippen molar-refractivity contribution in [3.8, 4) is 0 Å². The molecule has 2 aromatic heterocycles. The number of aryl methyl sites for hydroxylation is 1. The van der Waals surface area contributed by atoms with Crippen LogP contribution in [0.4, 0.5) is 5.82 Å². The molecule has 0 saturated carbocycles. The first kappa shape index (κ1) is 15.4. The summed E-state index contributed by atoms with van der Waals surface area (Å²) in [5.74, 6) is 1.09. The largest absolute Gasteiger partial charge is 0.354 e. The zero-order valence-corrected chi connectivity index (χ0v) is 14.2. The number of rotatable bonds is 4. The number of piperazine rings is 1. The molecule has 0 radical (unpaired) electrons. The summed E-state index contributed by atoms with van der Waals surface area (Å²) in [6.07, 6.45) is 4.82. The van der Waals surface area contributed by atoms with Gasteiger partial charge in [0.15, 0.2) is 0 Å². The number of pyridine rings is 2. The van der Waals surface area contributed by atoms with Crippen LogP contribution in [0.1, 0.15) is 16.8 Å². The Morgan fingerprint density at radius 1 is 1.14 bits per heavy atom. The van der Waals surface area contributed by atoms with Gasteiger partial charge < -0.3 is 4.90 Å². The van der Waals surface area contributed by atoms with Gasteiger partial charge in [-0.15, -0.1) is 9.24 Å². The zero-order valence-electron chi connectivity index (χ0n) is 13.1. The number of aromatic nitrogens is 2. The third-order valence-electron chi connectivity index (χ3n) is 4.19. The van der Waals surface area contributed by atoms with Crippen molar-refractivity contribution in [2.75, 3.05) is 31.1 Å². The predicted octanol–water partition coefficient (Wildman–Crippen LogP) is 2.48. The fraction of sp³-hybridized carbons (Fsp3) is 0.412. The van der Waals surface area contributed by atoms with E-state index in [-0.39, 0.29) is 0 Å². The molecule has 5 heteroatoms. The zero-order chi connectivity index (χ0) is 15.4. The monoisotopic (exact) mass is 314 g/mol. The van der Waals surface area contributed by atoms with Gasteiger partial charge >= 0.3 is 0 Å². The Balaban J connectivity index is 1.57. The van der Waals surface area contributed by atoms with E-state index < -0.39 is 0 Å². The second-order valence-electron chi connectivity index (χ2n) is 5.76. The van der Waals surface area contributed by atoms with Crippen molar-refractivity contribution in [1.82, 2.24) is 14.9 Å². The second-order valence-corrected chi connectivity index (χ2v) is 6.17. The summed E-state index contributed by atoms with van der Waals surface area (Å²) in [6.45, 7) is 7.35. The molecule has 2 aromatic rings. The highest BCUT2D eigenvalue weighted by Crippen LogP contribution is 2.16. The van der Waals surface area contributed by atoms with Crippen molar-refractivity contribution in [1.29, 1.82) is 0 Å². The van der Waals surface area contributed by atoms with E-state index in [1.54, 1.807) is 0 Å². The van der Waals surface area contributed by atoms with E-state index in [2.05, 4.69) is 54.1 Å². The second kappa shape index (κ2) is 7.17. The van der Waals surface area contributed by atoms with Crippen molar-refractivity contribution in [2.45, 2.75) is 19.6 Å². The van der Waals surface area contributed by atoms with Crippen LogP contribution in [0.5, 0.6) is 0 Å². The third-order valence-corrected chi connectivity index (χ3v) is 4.58. The topological polar surface area (TPSA) is 32.3 Å². The lowest BCUT2D eigenvalue weighted by Crippen LogP contribution is -2.46. The SMILES string of the molecule is Cc1cc(CN2CCN(c3ccccn3)CC2)cnc1CP. The first-order chi connectivity index (χ1) is 10.8. The Morgan fingerprint density at radius 2 is 1.95 bits per heavy atom. The first-order valence-electron chi connectivity index (χ1n) is 7.79. The smallest absolute Gasteiger partial charge is 0.128 e. The first-order valence-corrected chi connectivity index (χ1v) is 8.60. The highest BCUT2D eigenvalue weighted by molar-refractivity contribution is 7.15. The Hall–Kier alpha value is -1.51. The van der Waals surface area contributed by atoms with Crippen LogP contribution < -0.4 is 4.90 Å². The molecule has 1 atom stereocenters. The van der Waals surface area contributed by atoms with Gasteiger partial charge in [0.1, 0.15) is 5.82 Å². The molecule has 3 heterocycles. The third kappa shape index (κ3) is 3.63. The molecule has 0 N–H and O–H groups in total. The van der Waals surface area contributed by atoms with E-state index in [1.165, 1.54) is 16.8 Å². The van der Waals surface area contributed by atoms with Crippen LogP contribution in [0.25, 0.3) is 0 Å². The number of hydrogen-bond acceptors (Lipinski definition) is 4. The molecule has 1 unspecified atom stereocenters. The maximum atomic E-state index is 4.56. The van der Waals surface area contributed by atoms with E-state index in [0.29, 0.717) is 0 Å². The minimum absolute atomic E-state index is 0.925. The van der Waals surface area contributed by atoms with Gasteiger partial charge in [-0.25, -0.2) is 4.98 Å². The lowest BCUT2D eigenvalue weighted by molar-refractivity contribution is 0.249. The van der Waals surface area contributed by atoms with Crippen molar-refractivity contribution < 1.29 is 0 Å². The molecular weight excluding hydrogens is 291 g/mol. The van der Waals surface area contributed by atoms with E-state index >= 15 is 0 Å². The molecule has 3 rings (SSSR count). The standard InChI is InChI=1S/C17H23N4P/c1-14-10-15(11-19-16(14)13-22)12-20-6-8-21(9-7-20)17-4-2-3-5-18-17/h2-5,10-11H,6-9,12-13,22H2,1H3. The van der Waals surface area contributed by atoms with Crippen molar-refractivity contribution in [2.24, 2.45) is 0 Å². The Bertz CT molecular complexity index is 609. The van der Waals surface area contributed by atoms with E-state index in [9.17, 15) is 0 Å². The van der Waals surface area contributed by atoms with E-state index in [1.807, 2.05) is 18.5 Å². The van der Waals surface area contributed by atoms with E-state index in [4.69, 9.17) is 0 Å². The molecule has 0 aliphatic carbocycles. The molecule has 116 valence electrons. The molecule has 1 aliphatic rings. The van der Waals surface area contributed by atoms with Crippen LogP contribution in [0.3, 0.4) is 0 Å². The van der Waals surface area contributed by atoms with Crippen LogP contribution >= 0.6 is 9.24 Å². The van der Waals surface area contributed by atoms with Gasteiger partial charge in [0, 0.05) is 57.0 Å². The molecule has 0 spiro atoms. The average molecular weight is 314 g/mol. The molecule has 0 amide bonds. The van der Waals surface area contributed by atoms with Gasteiger partial charge in [-0.3, -0.25) is 9.88 Å². The van der Waals surface area contributed by atoms with Crippen LogP contribution in [0.15, 0.2) is 36.7 Å². The number of hydrogen-bond donors (Lipinski definition) is 0. The van der Waals surface area contributed by atoms with Crippen molar-refractivity contribution in [3.63, 3.8) is 0 Å². The summed E-state index contributed by atoms with van der Waals surface area (Å²) in [5.41, 5.74) is 3.78. The van der Waals surface area contributed by atoms with Crippen molar-refractivity contribution in [3.05, 3.63) is 53.5 Å². The minimum Gasteiger partial charge on any atom is -0.354 e. The van der Waals surface area contributed by atoms with Gasteiger partial charge in [0.2, 0.25) is 0 Å². The highest BCUT2D eigenvalue weighted by atomic mass is 31.0. The van der Waals surface area contributed by atoms with Crippen LogP contribution in [0.2, 0.25) is 0 Å². The molecule has 0 bridgehead atoms. The lowest BCUT2D eigenvalue weighted by Gasteiger charge is -2.35. The molecular formula is C17H23N4P. The molecule has 0 aromatic carbocycles. The Kier molecular flexibility index (Phi) is 5.01. The molecule has 4 nitrogen and oxygen atoms in total. The van der Waals surface area contributed by atoms with Crippen LogP contribution in [-0.4, -0.2) is 41.0 Å². The van der Waals surface area contributed by atoms with Gasteiger partial charge in [-0.05, 0) is 30.2 Å². The molecule has 1 saturated heterocycles. The van der Waals surface area contributed by atoms with Gasteiger partial charge in [0.25, 0.3) is 0 Å².